The van der Waals surface area contributed by atoms with E-state index in [2.05, 4.69) is 5.32 Å². The standard InChI is InChI=1S/C17H23ClN2O3/c1-12-10-14(18)5-6-16(12)19-17(22)7-8-20(13(2)21)11-15-4-3-9-23-15/h5-6,10,15H,3-4,7-9,11H2,1-2H3,(H,19,22). The molecule has 1 N–H and O–H groups in total. The summed E-state index contributed by atoms with van der Waals surface area (Å²) in [5, 5.41) is 3.50. The van der Waals surface area contributed by atoms with Gasteiger partial charge in [-0.15, -0.1) is 0 Å². The molecule has 1 aromatic carbocycles. The van der Waals surface area contributed by atoms with Crippen LogP contribution in [0.5, 0.6) is 0 Å². The van der Waals surface area contributed by atoms with Gasteiger partial charge in [-0.1, -0.05) is 11.6 Å². The number of carbonyl (C=O) groups excluding carboxylic acids is 2. The Hall–Kier alpha value is -1.59. The summed E-state index contributed by atoms with van der Waals surface area (Å²) in [4.78, 5) is 25.5. The first-order valence-corrected chi connectivity index (χ1v) is 8.26. The zero-order valence-corrected chi connectivity index (χ0v) is 14.4. The Labute approximate surface area is 141 Å². The van der Waals surface area contributed by atoms with Gasteiger partial charge in [-0.3, -0.25) is 9.59 Å². The van der Waals surface area contributed by atoms with E-state index in [1.54, 1.807) is 23.1 Å². The molecule has 1 heterocycles. The van der Waals surface area contributed by atoms with Crippen molar-refractivity contribution >= 4 is 29.1 Å². The lowest BCUT2D eigenvalue weighted by atomic mass is 10.2. The number of ether oxygens (including phenoxy) is 1. The minimum absolute atomic E-state index is 0.0315. The second-order valence-corrected chi connectivity index (χ2v) is 6.29. The molecule has 2 rings (SSSR count). The maximum Gasteiger partial charge on any atom is 0.226 e. The molecule has 1 fully saturated rings. The number of amides is 2. The Morgan fingerprint density at radius 2 is 2.22 bits per heavy atom. The number of nitrogens with zero attached hydrogens (tertiary/aromatic N) is 1. The highest BCUT2D eigenvalue weighted by molar-refractivity contribution is 6.30. The van der Waals surface area contributed by atoms with Crippen molar-refractivity contribution in [3.8, 4) is 0 Å². The first-order valence-electron chi connectivity index (χ1n) is 7.89. The maximum absolute atomic E-state index is 12.1. The Morgan fingerprint density at radius 3 is 2.83 bits per heavy atom. The van der Waals surface area contributed by atoms with Crippen LogP contribution >= 0.6 is 11.6 Å². The molecule has 1 aromatic rings. The zero-order valence-electron chi connectivity index (χ0n) is 13.6. The molecule has 6 heteroatoms. The highest BCUT2D eigenvalue weighted by Gasteiger charge is 2.21. The number of carbonyl (C=O) groups is 2. The lowest BCUT2D eigenvalue weighted by molar-refractivity contribution is -0.130. The summed E-state index contributed by atoms with van der Waals surface area (Å²) in [7, 11) is 0. The largest absolute Gasteiger partial charge is 0.376 e. The number of aryl methyl sites for hydroxylation is 1. The summed E-state index contributed by atoms with van der Waals surface area (Å²) in [5.41, 5.74) is 1.65. The number of benzene rings is 1. The molecular formula is C17H23ClN2O3. The van der Waals surface area contributed by atoms with Crippen molar-refractivity contribution in [2.75, 3.05) is 25.0 Å². The third-order valence-electron chi connectivity index (χ3n) is 3.96. The number of halogens is 1. The first-order chi connectivity index (χ1) is 11.0. The number of anilines is 1. The smallest absolute Gasteiger partial charge is 0.226 e. The van der Waals surface area contributed by atoms with E-state index in [9.17, 15) is 9.59 Å². The molecule has 0 saturated carbocycles. The van der Waals surface area contributed by atoms with E-state index in [0.717, 1.165) is 30.7 Å². The predicted octanol–water partition coefficient (Wildman–Crippen LogP) is 3.00. The minimum Gasteiger partial charge on any atom is -0.376 e. The SMILES string of the molecule is CC(=O)N(CCC(=O)Nc1ccc(Cl)cc1C)CC1CCCO1. The van der Waals surface area contributed by atoms with E-state index in [1.165, 1.54) is 6.92 Å². The van der Waals surface area contributed by atoms with Crippen LogP contribution in [0.4, 0.5) is 5.69 Å². The quantitative estimate of drug-likeness (QED) is 0.867. The predicted molar refractivity (Wildman–Crippen MR) is 90.7 cm³/mol. The third-order valence-corrected chi connectivity index (χ3v) is 4.20. The molecule has 1 saturated heterocycles. The van der Waals surface area contributed by atoms with Crippen LogP contribution in [0.2, 0.25) is 5.02 Å². The van der Waals surface area contributed by atoms with Crippen LogP contribution < -0.4 is 5.32 Å². The number of rotatable bonds is 6. The van der Waals surface area contributed by atoms with Gasteiger partial charge in [0, 0.05) is 43.8 Å². The van der Waals surface area contributed by atoms with Gasteiger partial charge in [0.2, 0.25) is 11.8 Å². The molecule has 0 radical (unpaired) electrons. The molecule has 126 valence electrons. The molecule has 23 heavy (non-hydrogen) atoms. The van der Waals surface area contributed by atoms with Gasteiger partial charge in [0.05, 0.1) is 6.10 Å². The van der Waals surface area contributed by atoms with Crippen LogP contribution in [0, 0.1) is 6.92 Å². The molecule has 1 aliphatic heterocycles. The number of hydrogen-bond acceptors (Lipinski definition) is 3. The summed E-state index contributed by atoms with van der Waals surface area (Å²) in [6.45, 7) is 5.12. The fourth-order valence-corrected chi connectivity index (χ4v) is 2.85. The molecule has 1 aliphatic rings. The molecule has 5 nitrogen and oxygen atoms in total. The van der Waals surface area contributed by atoms with E-state index in [1.807, 2.05) is 6.92 Å². The van der Waals surface area contributed by atoms with Crippen LogP contribution in [0.1, 0.15) is 31.7 Å². The topological polar surface area (TPSA) is 58.6 Å². The van der Waals surface area contributed by atoms with Gasteiger partial charge in [-0.25, -0.2) is 0 Å². The average molecular weight is 339 g/mol. The van der Waals surface area contributed by atoms with E-state index in [0.29, 0.717) is 18.1 Å². The van der Waals surface area contributed by atoms with Crippen LogP contribution in [0.15, 0.2) is 18.2 Å². The lowest BCUT2D eigenvalue weighted by Crippen LogP contribution is -2.37. The molecule has 2 amide bonds. The normalized spacial score (nSPS) is 17.1. The first kappa shape index (κ1) is 17.8. The van der Waals surface area contributed by atoms with Crippen molar-refractivity contribution in [1.82, 2.24) is 4.90 Å². The molecule has 1 unspecified atom stereocenters. The molecule has 0 bridgehead atoms. The fraction of sp³-hybridized carbons (Fsp3) is 0.529. The zero-order chi connectivity index (χ0) is 16.8. The summed E-state index contributed by atoms with van der Waals surface area (Å²) in [6, 6.07) is 5.32. The van der Waals surface area contributed by atoms with Gasteiger partial charge >= 0.3 is 0 Å². The van der Waals surface area contributed by atoms with Crippen molar-refractivity contribution in [3.63, 3.8) is 0 Å². The Bertz CT molecular complexity index is 571. The molecule has 0 aliphatic carbocycles. The lowest BCUT2D eigenvalue weighted by Gasteiger charge is -2.24. The molecule has 0 aromatic heterocycles. The van der Waals surface area contributed by atoms with Crippen molar-refractivity contribution < 1.29 is 14.3 Å². The average Bonchev–Trinajstić information content (AvgIpc) is 2.99. The van der Waals surface area contributed by atoms with Gasteiger partial charge in [0.15, 0.2) is 0 Å². The summed E-state index contributed by atoms with van der Waals surface area (Å²) >= 11 is 5.90. The van der Waals surface area contributed by atoms with E-state index in [4.69, 9.17) is 16.3 Å². The van der Waals surface area contributed by atoms with Crippen molar-refractivity contribution in [2.24, 2.45) is 0 Å². The highest BCUT2D eigenvalue weighted by atomic mass is 35.5. The van der Waals surface area contributed by atoms with Crippen molar-refractivity contribution in [3.05, 3.63) is 28.8 Å². The fourth-order valence-electron chi connectivity index (χ4n) is 2.63. The van der Waals surface area contributed by atoms with E-state index < -0.39 is 0 Å². The molecular weight excluding hydrogens is 316 g/mol. The monoisotopic (exact) mass is 338 g/mol. The van der Waals surface area contributed by atoms with Gasteiger partial charge in [-0.05, 0) is 43.5 Å². The van der Waals surface area contributed by atoms with Gasteiger partial charge in [-0.2, -0.15) is 0 Å². The third kappa shape index (κ3) is 5.52. The van der Waals surface area contributed by atoms with Crippen LogP contribution in [0.3, 0.4) is 0 Å². The number of hydrogen-bond donors (Lipinski definition) is 1. The second kappa shape index (κ2) is 8.31. The van der Waals surface area contributed by atoms with Crippen LogP contribution in [-0.4, -0.2) is 42.5 Å². The van der Waals surface area contributed by atoms with E-state index in [-0.39, 0.29) is 24.3 Å². The highest BCUT2D eigenvalue weighted by Crippen LogP contribution is 2.20. The van der Waals surface area contributed by atoms with Crippen molar-refractivity contribution in [2.45, 2.75) is 39.2 Å². The van der Waals surface area contributed by atoms with Crippen LogP contribution in [-0.2, 0) is 14.3 Å². The summed E-state index contributed by atoms with van der Waals surface area (Å²) in [5.74, 6) is -0.148. The Morgan fingerprint density at radius 1 is 1.43 bits per heavy atom. The van der Waals surface area contributed by atoms with Gasteiger partial charge in [0.25, 0.3) is 0 Å². The minimum atomic E-state index is -0.117. The number of nitrogens with one attached hydrogen (secondary N) is 1. The van der Waals surface area contributed by atoms with Crippen molar-refractivity contribution in [1.29, 1.82) is 0 Å². The summed E-state index contributed by atoms with van der Waals surface area (Å²) < 4.78 is 5.56. The van der Waals surface area contributed by atoms with Gasteiger partial charge in [0.1, 0.15) is 0 Å². The Balaban J connectivity index is 1.84. The van der Waals surface area contributed by atoms with Crippen LogP contribution in [0.25, 0.3) is 0 Å². The molecule has 0 spiro atoms. The molecule has 1 atom stereocenters. The van der Waals surface area contributed by atoms with E-state index >= 15 is 0 Å². The summed E-state index contributed by atoms with van der Waals surface area (Å²) in [6.07, 6.45) is 2.36. The Kier molecular flexibility index (Phi) is 6.42. The second-order valence-electron chi connectivity index (χ2n) is 5.86. The maximum atomic E-state index is 12.1. The van der Waals surface area contributed by atoms with Gasteiger partial charge < -0.3 is 15.0 Å².